The predicted octanol–water partition coefficient (Wildman–Crippen LogP) is 3.46. The Balaban J connectivity index is 1.49. The number of hydrogen-bond donors (Lipinski definition) is 1. The van der Waals surface area contributed by atoms with E-state index >= 15 is 0 Å². The van der Waals surface area contributed by atoms with Crippen LogP contribution in [0.5, 0.6) is 5.75 Å². The van der Waals surface area contributed by atoms with Crippen LogP contribution in [-0.4, -0.2) is 60.9 Å². The predicted molar refractivity (Wildman–Crippen MR) is 118 cm³/mol. The monoisotopic (exact) mass is 449 g/mol. The fourth-order valence-electron chi connectivity index (χ4n) is 3.39. The molecule has 0 aliphatic carbocycles. The molecular weight excluding hydrogens is 425 g/mol. The van der Waals surface area contributed by atoms with Gasteiger partial charge in [-0.3, -0.25) is 14.5 Å². The number of nitrogens with zero attached hydrogens (tertiary/aromatic N) is 2. The van der Waals surface area contributed by atoms with Crippen LogP contribution in [0.1, 0.15) is 22.8 Å². The highest BCUT2D eigenvalue weighted by atomic mass is 35.5. The molecule has 6 nitrogen and oxygen atoms in total. The van der Waals surface area contributed by atoms with E-state index in [0.717, 1.165) is 11.3 Å². The fourth-order valence-corrected chi connectivity index (χ4v) is 3.88. The van der Waals surface area contributed by atoms with Crippen molar-refractivity contribution in [3.8, 4) is 5.75 Å². The highest BCUT2D eigenvalue weighted by Gasteiger charge is 2.28. The van der Waals surface area contributed by atoms with E-state index in [1.165, 1.54) is 0 Å². The summed E-state index contributed by atoms with van der Waals surface area (Å²) in [6.45, 7) is 4.65. The first-order chi connectivity index (χ1) is 14.4. The maximum Gasteiger partial charge on any atom is 0.255 e. The molecule has 30 heavy (non-hydrogen) atoms. The molecule has 1 heterocycles. The van der Waals surface area contributed by atoms with Crippen LogP contribution in [0.25, 0.3) is 0 Å². The van der Waals surface area contributed by atoms with Crippen LogP contribution in [0.3, 0.4) is 0 Å². The Hall–Kier alpha value is -2.28. The first-order valence-electron chi connectivity index (χ1n) is 9.78. The molecule has 1 unspecified atom stereocenters. The van der Waals surface area contributed by atoms with Crippen molar-refractivity contribution in [1.82, 2.24) is 15.1 Å². The van der Waals surface area contributed by atoms with Crippen LogP contribution in [-0.2, 0) is 11.3 Å². The number of ether oxygens (including phenoxy) is 1. The van der Waals surface area contributed by atoms with Gasteiger partial charge in [0.2, 0.25) is 5.91 Å². The van der Waals surface area contributed by atoms with Crippen LogP contribution in [0.2, 0.25) is 10.0 Å². The second kappa shape index (κ2) is 10.2. The van der Waals surface area contributed by atoms with Crippen molar-refractivity contribution in [2.75, 3.05) is 33.3 Å². The minimum Gasteiger partial charge on any atom is -0.497 e. The maximum atomic E-state index is 12.7. The highest BCUT2D eigenvalue weighted by Crippen LogP contribution is 2.23. The van der Waals surface area contributed by atoms with Gasteiger partial charge in [-0.15, -0.1) is 0 Å². The van der Waals surface area contributed by atoms with Crippen molar-refractivity contribution in [2.45, 2.75) is 19.5 Å². The molecule has 1 aliphatic rings. The van der Waals surface area contributed by atoms with Gasteiger partial charge in [0.1, 0.15) is 5.75 Å². The Morgan fingerprint density at radius 3 is 2.33 bits per heavy atom. The summed E-state index contributed by atoms with van der Waals surface area (Å²) in [6.07, 6.45) is 0. The molecule has 0 saturated carbocycles. The number of carbonyl (C=O) groups excluding carboxylic acids is 2. The van der Waals surface area contributed by atoms with Gasteiger partial charge in [-0.25, -0.2) is 0 Å². The molecule has 1 N–H and O–H groups in total. The molecule has 2 aromatic rings. The van der Waals surface area contributed by atoms with Gasteiger partial charge in [0.15, 0.2) is 0 Å². The Bertz CT molecular complexity index is 897. The minimum atomic E-state index is -0.278. The Labute approximate surface area is 186 Å². The van der Waals surface area contributed by atoms with Crippen LogP contribution >= 0.6 is 23.2 Å². The van der Waals surface area contributed by atoms with Crippen molar-refractivity contribution in [1.29, 1.82) is 0 Å². The van der Waals surface area contributed by atoms with Gasteiger partial charge in [0.05, 0.1) is 23.7 Å². The van der Waals surface area contributed by atoms with E-state index in [9.17, 15) is 9.59 Å². The molecule has 1 atom stereocenters. The maximum absolute atomic E-state index is 12.7. The van der Waals surface area contributed by atoms with Crippen molar-refractivity contribution >= 4 is 35.0 Å². The molecule has 3 rings (SSSR count). The summed E-state index contributed by atoms with van der Waals surface area (Å²) in [7, 11) is 1.62. The molecule has 1 saturated heterocycles. The lowest BCUT2D eigenvalue weighted by Crippen LogP contribution is -2.54. The quantitative estimate of drug-likeness (QED) is 0.733. The summed E-state index contributed by atoms with van der Waals surface area (Å²) in [5, 5.41) is 3.82. The molecule has 2 aromatic carbocycles. The standard InChI is InChI=1S/C22H25Cl2N3O3/c1-15(21(28)25-14-16-3-6-18(30-2)7-4-16)26-9-11-27(12-10-26)22(29)19-8-5-17(23)13-20(19)24/h3-8,13,15H,9-12,14H2,1-2H3,(H,25,28). The first kappa shape index (κ1) is 22.4. The Morgan fingerprint density at radius 2 is 1.73 bits per heavy atom. The van der Waals surface area contributed by atoms with E-state index < -0.39 is 0 Å². The van der Waals surface area contributed by atoms with Gasteiger partial charge in [-0.2, -0.15) is 0 Å². The second-order valence-corrected chi connectivity index (χ2v) is 8.04. The van der Waals surface area contributed by atoms with Gasteiger partial charge in [0, 0.05) is 37.7 Å². The number of hydrogen-bond acceptors (Lipinski definition) is 4. The van der Waals surface area contributed by atoms with Crippen LogP contribution in [0.4, 0.5) is 0 Å². The molecule has 0 spiro atoms. The minimum absolute atomic E-state index is 0.0358. The van der Waals surface area contributed by atoms with Crippen LogP contribution < -0.4 is 10.1 Å². The van der Waals surface area contributed by atoms with E-state index in [2.05, 4.69) is 10.2 Å². The van der Waals surface area contributed by atoms with Crippen molar-refractivity contribution < 1.29 is 14.3 Å². The topological polar surface area (TPSA) is 61.9 Å². The largest absolute Gasteiger partial charge is 0.497 e. The van der Waals surface area contributed by atoms with Crippen molar-refractivity contribution in [3.05, 3.63) is 63.6 Å². The number of carbonyl (C=O) groups is 2. The smallest absolute Gasteiger partial charge is 0.255 e. The molecule has 2 amide bonds. The summed E-state index contributed by atoms with van der Waals surface area (Å²) in [4.78, 5) is 29.1. The van der Waals surface area contributed by atoms with E-state index in [1.807, 2.05) is 31.2 Å². The summed E-state index contributed by atoms with van der Waals surface area (Å²) in [6, 6.07) is 12.2. The zero-order valence-electron chi connectivity index (χ0n) is 17.0. The lowest BCUT2D eigenvalue weighted by molar-refractivity contribution is -0.126. The molecule has 0 aromatic heterocycles. The fraction of sp³-hybridized carbons (Fsp3) is 0.364. The second-order valence-electron chi connectivity index (χ2n) is 7.19. The number of halogens is 2. The summed E-state index contributed by atoms with van der Waals surface area (Å²) < 4.78 is 5.14. The molecule has 0 bridgehead atoms. The molecule has 1 fully saturated rings. The zero-order valence-corrected chi connectivity index (χ0v) is 18.5. The van der Waals surface area contributed by atoms with Gasteiger partial charge in [0.25, 0.3) is 5.91 Å². The zero-order chi connectivity index (χ0) is 21.7. The SMILES string of the molecule is COc1ccc(CNC(=O)C(C)N2CCN(C(=O)c3ccc(Cl)cc3Cl)CC2)cc1. The van der Waals surface area contributed by atoms with Crippen LogP contribution in [0, 0.1) is 0 Å². The average Bonchev–Trinajstić information content (AvgIpc) is 2.77. The normalized spacial score (nSPS) is 15.5. The Morgan fingerprint density at radius 1 is 1.07 bits per heavy atom. The molecule has 1 aliphatic heterocycles. The summed E-state index contributed by atoms with van der Waals surface area (Å²) >= 11 is 12.1. The third-order valence-corrected chi connectivity index (χ3v) is 5.86. The first-order valence-corrected chi connectivity index (χ1v) is 10.5. The number of rotatable bonds is 6. The Kier molecular flexibility index (Phi) is 7.58. The lowest BCUT2D eigenvalue weighted by Gasteiger charge is -2.37. The highest BCUT2D eigenvalue weighted by molar-refractivity contribution is 6.36. The summed E-state index contributed by atoms with van der Waals surface area (Å²) in [5.74, 6) is 0.630. The van der Waals surface area contributed by atoms with Gasteiger partial charge >= 0.3 is 0 Å². The average molecular weight is 450 g/mol. The number of amides is 2. The van der Waals surface area contributed by atoms with Crippen molar-refractivity contribution in [3.63, 3.8) is 0 Å². The van der Waals surface area contributed by atoms with Gasteiger partial charge in [-0.05, 0) is 42.8 Å². The van der Waals surface area contributed by atoms with E-state index in [0.29, 0.717) is 48.3 Å². The van der Waals surface area contributed by atoms with Gasteiger partial charge < -0.3 is 15.0 Å². The van der Waals surface area contributed by atoms with E-state index in [4.69, 9.17) is 27.9 Å². The van der Waals surface area contributed by atoms with Gasteiger partial charge in [-0.1, -0.05) is 35.3 Å². The number of methoxy groups -OCH3 is 1. The van der Waals surface area contributed by atoms with E-state index in [-0.39, 0.29) is 17.9 Å². The van der Waals surface area contributed by atoms with Crippen molar-refractivity contribution in [2.24, 2.45) is 0 Å². The molecule has 8 heteroatoms. The third kappa shape index (κ3) is 5.45. The number of piperazine rings is 1. The van der Waals surface area contributed by atoms with Crippen LogP contribution in [0.15, 0.2) is 42.5 Å². The van der Waals surface area contributed by atoms with E-state index in [1.54, 1.807) is 30.2 Å². The number of nitrogens with one attached hydrogen (secondary N) is 1. The molecular formula is C22H25Cl2N3O3. The molecule has 160 valence electrons. The number of benzene rings is 2. The summed E-state index contributed by atoms with van der Waals surface area (Å²) in [5.41, 5.74) is 1.45. The molecule has 0 radical (unpaired) electrons. The lowest BCUT2D eigenvalue weighted by atomic mass is 10.1. The third-order valence-electron chi connectivity index (χ3n) is 5.32.